The van der Waals surface area contributed by atoms with Gasteiger partial charge in [-0.25, -0.2) is 0 Å². The number of rotatable bonds is 3. The highest BCUT2D eigenvalue weighted by atomic mass is 16.5. The van der Waals surface area contributed by atoms with Crippen LogP contribution in [-0.2, 0) is 19.4 Å². The fraction of sp³-hybridized carbons (Fsp3) is 0.294. The van der Waals surface area contributed by atoms with Crippen LogP contribution in [0.5, 0.6) is 5.75 Å². The molecule has 0 fully saturated rings. The molecule has 0 atom stereocenters. The summed E-state index contributed by atoms with van der Waals surface area (Å²) in [5.74, 6) is 0.954. The Morgan fingerprint density at radius 3 is 2.78 bits per heavy atom. The fourth-order valence-electron chi connectivity index (χ4n) is 2.59. The minimum absolute atomic E-state index is 0.663. The topological polar surface area (TPSA) is 9.23 Å². The Labute approximate surface area is 108 Å². The number of aryl methyl sites for hydroxylation is 3. The Hall–Kier alpha value is -1.76. The molecule has 0 N–H and O–H groups in total. The zero-order valence-corrected chi connectivity index (χ0v) is 10.8. The van der Waals surface area contributed by atoms with Gasteiger partial charge in [0, 0.05) is 0 Å². The molecule has 0 unspecified atom stereocenters. The molecule has 1 aliphatic rings. The lowest BCUT2D eigenvalue weighted by Gasteiger charge is -2.08. The molecule has 0 saturated carbocycles. The van der Waals surface area contributed by atoms with Crippen LogP contribution in [0.2, 0.25) is 0 Å². The van der Waals surface area contributed by atoms with Gasteiger partial charge in [-0.3, -0.25) is 0 Å². The van der Waals surface area contributed by atoms with Crippen LogP contribution in [0.1, 0.15) is 28.7 Å². The van der Waals surface area contributed by atoms with Crippen LogP contribution >= 0.6 is 0 Å². The van der Waals surface area contributed by atoms with Crippen molar-refractivity contribution < 1.29 is 4.74 Å². The Morgan fingerprint density at radius 2 is 1.89 bits per heavy atom. The van der Waals surface area contributed by atoms with Crippen LogP contribution in [0, 0.1) is 6.92 Å². The SMILES string of the molecule is Cc1cccc(OCc2ccc3c(c2)CCC3)c1. The highest BCUT2D eigenvalue weighted by Gasteiger charge is 2.10. The van der Waals surface area contributed by atoms with E-state index in [2.05, 4.69) is 37.3 Å². The molecule has 0 bridgehead atoms. The van der Waals surface area contributed by atoms with Crippen LogP contribution in [0.4, 0.5) is 0 Å². The summed E-state index contributed by atoms with van der Waals surface area (Å²) in [4.78, 5) is 0. The largest absolute Gasteiger partial charge is 0.489 e. The number of hydrogen-bond donors (Lipinski definition) is 0. The lowest BCUT2D eigenvalue weighted by atomic mass is 10.1. The van der Waals surface area contributed by atoms with Gasteiger partial charge in [0.25, 0.3) is 0 Å². The molecule has 18 heavy (non-hydrogen) atoms. The molecule has 0 spiro atoms. The van der Waals surface area contributed by atoms with Crippen LogP contribution in [0.3, 0.4) is 0 Å². The van der Waals surface area contributed by atoms with E-state index >= 15 is 0 Å². The van der Waals surface area contributed by atoms with Crippen molar-refractivity contribution >= 4 is 0 Å². The van der Waals surface area contributed by atoms with Gasteiger partial charge in [0.1, 0.15) is 12.4 Å². The van der Waals surface area contributed by atoms with E-state index in [1.807, 2.05) is 12.1 Å². The Kier molecular flexibility index (Phi) is 3.06. The van der Waals surface area contributed by atoms with Gasteiger partial charge >= 0.3 is 0 Å². The van der Waals surface area contributed by atoms with Crippen LogP contribution in [-0.4, -0.2) is 0 Å². The van der Waals surface area contributed by atoms with Gasteiger partial charge in [0.15, 0.2) is 0 Å². The second-order valence-electron chi connectivity index (χ2n) is 5.06. The Bertz CT molecular complexity index is 557. The Balaban J connectivity index is 1.70. The van der Waals surface area contributed by atoms with Crippen molar-refractivity contribution in [2.45, 2.75) is 32.8 Å². The van der Waals surface area contributed by atoms with E-state index in [1.165, 1.54) is 41.5 Å². The molecule has 0 aromatic heterocycles. The third kappa shape index (κ3) is 2.40. The van der Waals surface area contributed by atoms with E-state index < -0.39 is 0 Å². The average Bonchev–Trinajstić information content (AvgIpc) is 2.84. The average molecular weight is 238 g/mol. The molecule has 2 aromatic carbocycles. The van der Waals surface area contributed by atoms with Crippen molar-refractivity contribution in [3.05, 3.63) is 64.7 Å². The van der Waals surface area contributed by atoms with E-state index in [0.717, 1.165) is 5.75 Å². The molecule has 0 radical (unpaired) electrons. The first-order valence-corrected chi connectivity index (χ1v) is 6.61. The zero-order valence-electron chi connectivity index (χ0n) is 10.8. The maximum Gasteiger partial charge on any atom is 0.120 e. The highest BCUT2D eigenvalue weighted by molar-refractivity contribution is 5.35. The molecule has 1 aliphatic carbocycles. The van der Waals surface area contributed by atoms with Crippen molar-refractivity contribution in [1.82, 2.24) is 0 Å². The number of fused-ring (bicyclic) bond motifs is 1. The lowest BCUT2D eigenvalue weighted by molar-refractivity contribution is 0.306. The van der Waals surface area contributed by atoms with Crippen molar-refractivity contribution in [2.75, 3.05) is 0 Å². The predicted octanol–water partition coefficient (Wildman–Crippen LogP) is 4.06. The summed E-state index contributed by atoms with van der Waals surface area (Å²) in [5, 5.41) is 0. The van der Waals surface area contributed by atoms with Gasteiger partial charge < -0.3 is 4.74 Å². The summed E-state index contributed by atoms with van der Waals surface area (Å²) in [7, 11) is 0. The van der Waals surface area contributed by atoms with Gasteiger partial charge in [-0.05, 0) is 60.6 Å². The number of ether oxygens (including phenoxy) is 1. The third-order valence-electron chi connectivity index (χ3n) is 3.56. The summed E-state index contributed by atoms with van der Waals surface area (Å²) in [6, 6.07) is 15.0. The van der Waals surface area contributed by atoms with Crippen LogP contribution in [0.25, 0.3) is 0 Å². The smallest absolute Gasteiger partial charge is 0.120 e. The summed E-state index contributed by atoms with van der Waals surface area (Å²) < 4.78 is 5.83. The van der Waals surface area contributed by atoms with Crippen molar-refractivity contribution in [1.29, 1.82) is 0 Å². The molecule has 2 aromatic rings. The molecular weight excluding hydrogens is 220 g/mol. The highest BCUT2D eigenvalue weighted by Crippen LogP contribution is 2.23. The summed E-state index contributed by atoms with van der Waals surface area (Å²) in [6.07, 6.45) is 3.78. The minimum atomic E-state index is 0.663. The van der Waals surface area contributed by atoms with E-state index in [-0.39, 0.29) is 0 Å². The van der Waals surface area contributed by atoms with Crippen LogP contribution in [0.15, 0.2) is 42.5 Å². The zero-order chi connectivity index (χ0) is 12.4. The minimum Gasteiger partial charge on any atom is -0.489 e. The van der Waals surface area contributed by atoms with Gasteiger partial charge in [-0.15, -0.1) is 0 Å². The molecule has 1 heteroatoms. The molecule has 0 aliphatic heterocycles. The van der Waals surface area contributed by atoms with Crippen molar-refractivity contribution in [3.8, 4) is 5.75 Å². The first-order chi connectivity index (χ1) is 8.81. The summed E-state index contributed by atoms with van der Waals surface area (Å²) in [6.45, 7) is 2.75. The standard InChI is InChI=1S/C17H18O/c1-13-4-2-7-17(10-13)18-12-14-8-9-15-5-3-6-16(15)11-14/h2,4,7-11H,3,5-6,12H2,1H3. The predicted molar refractivity (Wildman–Crippen MR) is 74.0 cm³/mol. The molecule has 3 rings (SSSR count). The maximum absolute atomic E-state index is 5.83. The number of hydrogen-bond acceptors (Lipinski definition) is 1. The molecule has 0 amide bonds. The molecule has 92 valence electrons. The fourth-order valence-corrected chi connectivity index (χ4v) is 2.59. The summed E-state index contributed by atoms with van der Waals surface area (Å²) in [5.41, 5.74) is 5.55. The van der Waals surface area contributed by atoms with E-state index in [1.54, 1.807) is 0 Å². The number of benzene rings is 2. The first-order valence-electron chi connectivity index (χ1n) is 6.61. The summed E-state index contributed by atoms with van der Waals surface area (Å²) >= 11 is 0. The van der Waals surface area contributed by atoms with Gasteiger partial charge in [-0.2, -0.15) is 0 Å². The second kappa shape index (κ2) is 4.85. The monoisotopic (exact) mass is 238 g/mol. The second-order valence-corrected chi connectivity index (χ2v) is 5.06. The van der Waals surface area contributed by atoms with Gasteiger partial charge in [0.05, 0.1) is 0 Å². The van der Waals surface area contributed by atoms with E-state index in [0.29, 0.717) is 6.61 Å². The lowest BCUT2D eigenvalue weighted by Crippen LogP contribution is -1.97. The van der Waals surface area contributed by atoms with E-state index in [4.69, 9.17) is 4.74 Å². The molecule has 0 heterocycles. The maximum atomic E-state index is 5.83. The molecule has 1 nitrogen and oxygen atoms in total. The third-order valence-corrected chi connectivity index (χ3v) is 3.56. The molecular formula is C17H18O. The van der Waals surface area contributed by atoms with Crippen LogP contribution < -0.4 is 4.74 Å². The van der Waals surface area contributed by atoms with Gasteiger partial charge in [0.2, 0.25) is 0 Å². The van der Waals surface area contributed by atoms with Gasteiger partial charge in [-0.1, -0.05) is 30.3 Å². The van der Waals surface area contributed by atoms with Crippen molar-refractivity contribution in [2.24, 2.45) is 0 Å². The first kappa shape index (κ1) is 11.3. The van der Waals surface area contributed by atoms with Crippen molar-refractivity contribution in [3.63, 3.8) is 0 Å². The van der Waals surface area contributed by atoms with E-state index in [9.17, 15) is 0 Å². The normalized spacial score (nSPS) is 13.4. The molecule has 0 saturated heterocycles. The Morgan fingerprint density at radius 1 is 1.00 bits per heavy atom. The quantitative estimate of drug-likeness (QED) is 0.783.